The SMILES string of the molecule is CCC1(CC)O[C@@H](n2ccc(=O)[nH]c2=O)C(F)(F)[C@@H]1C.CC[C@@]1(CCl)O[C@@H](n2ccc(=O)[nH]c2=O)C(F)(F)[C@@H]1C.CC[C@@]1(CCl)O[C@@H](n2ccc(N)nc2=O)C(F)(F)[C@@H]1C.C[C@@H]1C(CO)(CO)O[C@@H](n2ccc(=O)[nH]c2=O)C1(F)F.C[C@H]1C(F)(F)[C@H](n2ccc(=O)[nH]c2=O)O[C@@]1(CO)CCl.C[C@H]1C(F)(F)[C@H]2O[C@]1(CCl)COc1nc(=O)ccn12.Nc1ccn([C@@H]2O[C@@](CO)(CCl)[C@@H](O)C2(F)F)c(=O)n1. The first kappa shape index (κ1) is 113. The predicted octanol–water partition coefficient (Wildman–Crippen LogP) is 5.73. The van der Waals surface area contributed by atoms with Gasteiger partial charge in [-0.25, -0.2) is 81.5 Å². The number of nitrogen functional groups attached to an aromatic ring is 2. The van der Waals surface area contributed by atoms with Gasteiger partial charge in [-0.05, 0) is 37.8 Å². The quantitative estimate of drug-likeness (QED) is 0.0340. The number of H-pyrrole nitrogens is 4. The number of rotatable bonds is 19. The normalized spacial score (nSPS) is 31.5. The molecule has 8 aliphatic heterocycles. The van der Waals surface area contributed by atoms with E-state index in [1.54, 1.807) is 27.7 Å². The fourth-order valence-corrected chi connectivity index (χ4v) is 18.6. The largest absolute Gasteiger partial charge is 0.461 e. The number of ether oxygens (including phenoxy) is 8. The maximum absolute atomic E-state index is 14.5. The van der Waals surface area contributed by atoms with Crippen LogP contribution in [-0.2, 0) is 33.2 Å². The zero-order valence-corrected chi connectivity index (χ0v) is 78.6. The Hall–Kier alpha value is -9.25. The molecule has 0 saturated carbocycles. The number of nitrogens with one attached hydrogen (secondary N) is 4. The Morgan fingerprint density at radius 1 is 0.338 bits per heavy atom. The molecular formula is C80H99Cl5F14N16O24. The lowest BCUT2D eigenvalue weighted by Crippen LogP contribution is -2.50. The van der Waals surface area contributed by atoms with Crippen LogP contribution in [0.25, 0.3) is 0 Å². The number of aliphatic hydroxyl groups excluding tert-OH is 5. The summed E-state index contributed by atoms with van der Waals surface area (Å²) in [5.41, 5.74) is -8.67. The average Bonchev–Trinajstić information content (AvgIpc) is 1.52. The van der Waals surface area contributed by atoms with Crippen LogP contribution in [0.4, 0.5) is 73.1 Å². The van der Waals surface area contributed by atoms with Crippen molar-refractivity contribution in [2.45, 2.75) is 225 Å². The summed E-state index contributed by atoms with van der Waals surface area (Å²) in [5.74, 6) is -32.3. The lowest BCUT2D eigenvalue weighted by atomic mass is 9.82. The number of halogens is 19. The van der Waals surface area contributed by atoms with Gasteiger partial charge >= 0.3 is 46.1 Å². The Bertz CT molecular complexity index is 5660. The monoisotopic (exact) mass is 2110 g/mol. The number of hydrogen-bond acceptors (Lipinski definition) is 29. The summed E-state index contributed by atoms with van der Waals surface area (Å²) in [4.78, 5) is 143. The van der Waals surface area contributed by atoms with E-state index in [4.69, 9.17) is 107 Å². The minimum atomic E-state index is -3.83. The lowest BCUT2D eigenvalue weighted by Gasteiger charge is -2.30. The van der Waals surface area contributed by atoms with E-state index in [2.05, 4.69) is 15.0 Å². The van der Waals surface area contributed by atoms with E-state index in [0.717, 1.165) is 94.2 Å². The van der Waals surface area contributed by atoms with E-state index in [1.807, 2.05) is 19.9 Å². The van der Waals surface area contributed by atoms with Crippen molar-refractivity contribution in [2.75, 3.05) is 73.9 Å². The predicted molar refractivity (Wildman–Crippen MR) is 464 cm³/mol. The van der Waals surface area contributed by atoms with Gasteiger partial charge in [0, 0.05) is 73.7 Å². The van der Waals surface area contributed by atoms with Crippen LogP contribution in [0.5, 0.6) is 6.01 Å². The van der Waals surface area contributed by atoms with Gasteiger partial charge in [0.1, 0.15) is 40.6 Å². The molecule has 7 aromatic rings. The summed E-state index contributed by atoms with van der Waals surface area (Å²) in [6, 6.07) is 7.19. The van der Waals surface area contributed by atoms with E-state index >= 15 is 0 Å². The molecule has 139 heavy (non-hydrogen) atoms. The Kier molecular flexibility index (Phi) is 34.5. The van der Waals surface area contributed by atoms with E-state index < -0.39 is 260 Å². The summed E-state index contributed by atoms with van der Waals surface area (Å²) in [6.45, 7) is 11.4. The van der Waals surface area contributed by atoms with Crippen LogP contribution in [0.3, 0.4) is 0 Å². The maximum Gasteiger partial charge on any atom is 0.351 e. The summed E-state index contributed by atoms with van der Waals surface area (Å²) in [7, 11) is 0. The number of nitrogens with zero attached hydrogens (tertiary/aromatic N) is 10. The van der Waals surface area contributed by atoms with Crippen molar-refractivity contribution in [3.05, 3.63) is 201 Å². The first-order valence-corrected chi connectivity index (χ1v) is 44.8. The molecule has 7 saturated heterocycles. The second kappa shape index (κ2) is 42.3. The van der Waals surface area contributed by atoms with Crippen molar-refractivity contribution in [1.82, 2.24) is 66.9 Å². The van der Waals surface area contributed by atoms with E-state index in [0.29, 0.717) is 44.0 Å². The number of anilines is 2. The highest BCUT2D eigenvalue weighted by molar-refractivity contribution is 6.19. The third-order valence-corrected chi connectivity index (χ3v) is 28.8. The van der Waals surface area contributed by atoms with Gasteiger partial charge in [0.25, 0.3) is 63.3 Å². The highest BCUT2D eigenvalue weighted by atomic mass is 35.5. The number of alkyl halides is 19. The molecule has 0 aromatic carbocycles. The average molecular weight is 2110 g/mol. The number of fused-ring (bicyclic) bond motifs is 4. The molecule has 0 amide bonds. The van der Waals surface area contributed by atoms with Gasteiger partial charge in [0.05, 0.1) is 108 Å². The summed E-state index contributed by atoms with van der Waals surface area (Å²) in [6.07, 6.45) is -6.55. The smallest absolute Gasteiger partial charge is 0.351 e. The van der Waals surface area contributed by atoms with Crippen molar-refractivity contribution >= 4 is 69.6 Å². The highest BCUT2D eigenvalue weighted by Crippen LogP contribution is 2.60. The zero-order chi connectivity index (χ0) is 105. The second-order valence-electron chi connectivity index (χ2n) is 33.8. The fraction of sp³-hybridized carbons (Fsp3) is 0.650. The summed E-state index contributed by atoms with van der Waals surface area (Å²) in [5, 5.41) is 46.6. The Balaban J connectivity index is 0.000000181. The molecular weight excluding hydrogens is 2010 g/mol. The van der Waals surface area contributed by atoms with Gasteiger partial charge in [0.15, 0.2) is 6.10 Å². The van der Waals surface area contributed by atoms with Gasteiger partial charge in [-0.2, -0.15) is 23.7 Å². The van der Waals surface area contributed by atoms with Crippen molar-refractivity contribution in [3.63, 3.8) is 0 Å². The van der Waals surface area contributed by atoms with E-state index in [1.165, 1.54) is 46.9 Å². The Morgan fingerprint density at radius 3 is 0.871 bits per heavy atom. The van der Waals surface area contributed by atoms with E-state index in [9.17, 15) is 140 Å². The van der Waals surface area contributed by atoms with Gasteiger partial charge in [-0.15, -0.1) is 58.0 Å². The van der Waals surface area contributed by atoms with Gasteiger partial charge < -0.3 is 74.9 Å². The first-order valence-electron chi connectivity index (χ1n) is 42.1. The minimum Gasteiger partial charge on any atom is -0.461 e. The van der Waals surface area contributed by atoms with Crippen LogP contribution in [0.15, 0.2) is 139 Å². The van der Waals surface area contributed by atoms with Crippen LogP contribution < -0.4 is 78.1 Å². The van der Waals surface area contributed by atoms with Crippen molar-refractivity contribution in [1.29, 1.82) is 0 Å². The molecule has 0 spiro atoms. The maximum atomic E-state index is 14.5. The Labute approximate surface area is 798 Å². The van der Waals surface area contributed by atoms with Gasteiger partial charge in [-0.1, -0.05) is 69.2 Å². The molecule has 0 radical (unpaired) electrons. The molecule has 8 aliphatic rings. The molecule has 15 rings (SSSR count). The molecule has 0 aliphatic carbocycles. The zero-order valence-electron chi connectivity index (χ0n) is 74.9. The van der Waals surface area contributed by atoms with Crippen LogP contribution in [0, 0.1) is 35.5 Å². The molecule has 59 heteroatoms. The minimum absolute atomic E-state index is 0.0280. The number of aromatic amines is 4. The molecule has 19 atom stereocenters. The van der Waals surface area contributed by atoms with Crippen LogP contribution >= 0.6 is 58.0 Å². The number of hydrogen-bond donors (Lipinski definition) is 11. The fourth-order valence-electron chi connectivity index (χ4n) is 16.5. The topological polar surface area (TPSA) is 551 Å². The Morgan fingerprint density at radius 2 is 0.597 bits per heavy atom. The summed E-state index contributed by atoms with van der Waals surface area (Å²) >= 11 is 28.6. The third kappa shape index (κ3) is 20.7. The van der Waals surface area contributed by atoms with Crippen molar-refractivity contribution in [3.8, 4) is 6.01 Å². The highest BCUT2D eigenvalue weighted by Gasteiger charge is 2.72. The number of aromatic nitrogens is 14. The first-order chi connectivity index (χ1) is 64.6. The van der Waals surface area contributed by atoms with E-state index in [-0.39, 0.29) is 47.8 Å². The molecule has 776 valence electrons. The van der Waals surface area contributed by atoms with Gasteiger partial charge in [-0.3, -0.25) is 75.9 Å². The molecule has 0 unspecified atom stereocenters. The second-order valence-corrected chi connectivity index (χ2v) is 35.1. The lowest BCUT2D eigenvalue weighted by molar-refractivity contribution is -0.154. The molecule has 2 bridgehead atoms. The standard InChI is InChI=1S/C13H18F2N2O3.C12H16ClF2N3O2.C12H15ClF2N2O3.C11H13ClF2N2O4.C11H11ClF2N2O3.C11H14F2N2O5.C10H12ClF2N3O4/c1-4-12(5-2)8(3)13(14,15)10(20-12)17-7-6-9(18)16-11(17)19;1-3-11(6-13)7(2)12(14,15)9(20-11)18-5-4-8(16)17-10(18)19;1-3-11(6-13)7(2)12(14,15)9(20-11)17-5-4-8(18)16-10(17)19;1-6-10(4-12,5-17)20-8(11(6,13)14)16-3-2-7(18)15-9(16)19;1-6-10(4-12)5-18-9-15-7(17)2-3-16(9)8(19-10)11(6,13)14;1-6-10(4-16,5-17)20-8(11(6,12)13)15-3-2-7(18)14-9(15)19;11-3-9(4-17)6(18)10(12,13)7(20-9)16-2-1-5(14)15-8(16)19/h6-8,10H,4-5H2,1-3H3,(H,16,18,19);4-5,7,9H,3,6H2,1-2H3,(H2,16,17,19);4-5,7,9H,3,6H2,1-2H3,(H,16,18,19);2-3,6,8,17H,4-5H2,1H3,(H,15,18,19);2-3,6,8H,4-5H2,1H3;2-3,6,8,16-17H,4-5H2,1H3,(H,14,18,19);1-2,6-7,17-18H,3-4H2,(H2,14,15,19)/t8-,10-;2*7-,9-,11+;2*6-,8-,10-;6-,8-;6-,7-,9-/m1111111/s1. The molecule has 13 N–H and O–H groups in total. The molecule has 7 aromatic heterocycles. The van der Waals surface area contributed by atoms with Crippen LogP contribution in [-0.4, -0.2) is 242 Å². The number of aliphatic hydroxyl groups is 5. The van der Waals surface area contributed by atoms with Crippen LogP contribution in [0.1, 0.15) is 139 Å². The number of nitrogens with two attached hydrogens (primary N) is 2. The molecule has 15 heterocycles. The van der Waals surface area contributed by atoms with Crippen molar-refractivity contribution in [2.24, 2.45) is 35.5 Å². The van der Waals surface area contributed by atoms with Crippen molar-refractivity contribution < 1.29 is 125 Å². The third-order valence-electron chi connectivity index (χ3n) is 26.5. The summed E-state index contributed by atoms with van der Waals surface area (Å²) < 4.78 is 248. The molecule has 40 nitrogen and oxygen atoms in total. The van der Waals surface area contributed by atoms with Crippen LogP contribution in [0.2, 0.25) is 0 Å². The molecule has 7 fully saturated rings. The van der Waals surface area contributed by atoms with Gasteiger partial charge in [0.2, 0.25) is 43.6 Å².